The van der Waals surface area contributed by atoms with Gasteiger partial charge in [0.1, 0.15) is 23.0 Å². The van der Waals surface area contributed by atoms with Gasteiger partial charge in [0.15, 0.2) is 0 Å². The standard InChI is InChI=1S/C31H21BO2S/c1-31-16-5-4-7-22(31)21-17-19(13-15-29(21)35-31)20-12-14-26-24(18-20)32-23-8-2-3-9-25(23)33-27-10-6-11-28(34-26)30(27)32/h2-18,22H,1H3. The molecule has 166 valence electrons. The molecule has 2 unspecified atom stereocenters. The zero-order chi connectivity index (χ0) is 23.1. The van der Waals surface area contributed by atoms with Gasteiger partial charge in [-0.3, -0.25) is 0 Å². The quantitative estimate of drug-likeness (QED) is 0.270. The molecule has 2 atom stereocenters. The van der Waals surface area contributed by atoms with E-state index in [0.29, 0.717) is 5.92 Å². The molecule has 0 spiro atoms. The normalized spacial score (nSPS) is 21.7. The van der Waals surface area contributed by atoms with E-state index in [9.17, 15) is 0 Å². The van der Waals surface area contributed by atoms with E-state index in [-0.39, 0.29) is 11.5 Å². The van der Waals surface area contributed by atoms with E-state index in [2.05, 4.69) is 85.8 Å². The van der Waals surface area contributed by atoms with Gasteiger partial charge in [-0.15, -0.1) is 11.8 Å². The van der Waals surface area contributed by atoms with E-state index in [4.69, 9.17) is 9.47 Å². The summed E-state index contributed by atoms with van der Waals surface area (Å²) < 4.78 is 12.8. The predicted molar refractivity (Wildman–Crippen MR) is 145 cm³/mol. The lowest BCUT2D eigenvalue weighted by atomic mass is 9.35. The topological polar surface area (TPSA) is 18.5 Å². The maximum Gasteiger partial charge on any atom is 0.260 e. The molecule has 35 heavy (non-hydrogen) atoms. The highest BCUT2D eigenvalue weighted by Crippen LogP contribution is 2.56. The molecule has 0 amide bonds. The molecule has 0 radical (unpaired) electrons. The summed E-state index contributed by atoms with van der Waals surface area (Å²) in [5.74, 6) is 4.02. The minimum atomic E-state index is 0.0922. The average molecular weight is 468 g/mol. The first kappa shape index (κ1) is 19.7. The second kappa shape index (κ2) is 6.96. The highest BCUT2D eigenvalue weighted by molar-refractivity contribution is 8.01. The van der Waals surface area contributed by atoms with E-state index in [0.717, 1.165) is 28.5 Å². The van der Waals surface area contributed by atoms with Crippen LogP contribution in [-0.2, 0) is 0 Å². The zero-order valence-corrected chi connectivity index (χ0v) is 20.0. The second-order valence-electron chi connectivity index (χ2n) is 9.86. The molecule has 0 aromatic heterocycles. The molecule has 0 saturated heterocycles. The fraction of sp³-hybridized carbons (Fsp3) is 0.0968. The third kappa shape index (κ3) is 2.75. The number of para-hydroxylation sites is 1. The van der Waals surface area contributed by atoms with Gasteiger partial charge in [-0.05, 0) is 70.9 Å². The van der Waals surface area contributed by atoms with Crippen molar-refractivity contribution in [2.75, 3.05) is 0 Å². The molecule has 3 aliphatic heterocycles. The molecule has 0 N–H and O–H groups in total. The minimum Gasteiger partial charge on any atom is -0.458 e. The molecular weight excluding hydrogens is 447 g/mol. The van der Waals surface area contributed by atoms with Crippen LogP contribution in [0.25, 0.3) is 11.1 Å². The van der Waals surface area contributed by atoms with E-state index >= 15 is 0 Å². The Morgan fingerprint density at radius 1 is 0.743 bits per heavy atom. The van der Waals surface area contributed by atoms with Crippen LogP contribution in [0.4, 0.5) is 0 Å². The first-order valence-corrected chi connectivity index (χ1v) is 12.9. The third-order valence-electron chi connectivity index (χ3n) is 7.77. The maximum atomic E-state index is 6.39. The minimum absolute atomic E-state index is 0.0922. The average Bonchev–Trinajstić information content (AvgIpc) is 3.19. The summed E-state index contributed by atoms with van der Waals surface area (Å²) in [6.45, 7) is 2.44. The largest absolute Gasteiger partial charge is 0.458 e. The summed E-state index contributed by atoms with van der Waals surface area (Å²) in [4.78, 5) is 1.38. The van der Waals surface area contributed by atoms with Gasteiger partial charge in [0.05, 0.1) is 0 Å². The Hall–Kier alpha value is -3.63. The fourth-order valence-corrected chi connectivity index (χ4v) is 7.48. The molecule has 1 aliphatic carbocycles. The van der Waals surface area contributed by atoms with Crippen molar-refractivity contribution in [3.05, 3.63) is 109 Å². The van der Waals surface area contributed by atoms with Crippen molar-refractivity contribution in [3.8, 4) is 34.1 Å². The van der Waals surface area contributed by atoms with Crippen molar-refractivity contribution < 1.29 is 9.47 Å². The molecule has 0 fully saturated rings. The van der Waals surface area contributed by atoms with Crippen LogP contribution < -0.4 is 25.9 Å². The van der Waals surface area contributed by atoms with Crippen molar-refractivity contribution in [1.29, 1.82) is 0 Å². The lowest BCUT2D eigenvalue weighted by Crippen LogP contribution is -2.57. The number of benzene rings is 4. The molecule has 4 aromatic rings. The van der Waals surface area contributed by atoms with Crippen molar-refractivity contribution >= 4 is 34.9 Å². The van der Waals surface area contributed by atoms with Crippen molar-refractivity contribution in [1.82, 2.24) is 0 Å². The third-order valence-corrected chi connectivity index (χ3v) is 9.19. The Balaban J connectivity index is 1.28. The van der Waals surface area contributed by atoms with Gasteiger partial charge >= 0.3 is 0 Å². The number of allylic oxidation sites excluding steroid dienone is 3. The summed E-state index contributed by atoms with van der Waals surface area (Å²) in [7, 11) is 0. The molecule has 4 aliphatic rings. The van der Waals surface area contributed by atoms with Gasteiger partial charge in [-0.25, -0.2) is 0 Å². The number of hydrogen-bond donors (Lipinski definition) is 0. The summed E-state index contributed by atoms with van der Waals surface area (Å²) in [5.41, 5.74) is 7.39. The highest BCUT2D eigenvalue weighted by atomic mass is 32.2. The van der Waals surface area contributed by atoms with Crippen LogP contribution in [0.3, 0.4) is 0 Å². The van der Waals surface area contributed by atoms with Crippen molar-refractivity contribution in [2.24, 2.45) is 0 Å². The van der Waals surface area contributed by atoms with Gasteiger partial charge in [-0.2, -0.15) is 0 Å². The van der Waals surface area contributed by atoms with Crippen LogP contribution in [0.2, 0.25) is 0 Å². The summed E-state index contributed by atoms with van der Waals surface area (Å²) in [6, 6.07) is 28.1. The lowest BCUT2D eigenvalue weighted by Gasteiger charge is -2.33. The Morgan fingerprint density at radius 2 is 1.49 bits per heavy atom. The van der Waals surface area contributed by atoms with Gasteiger partial charge < -0.3 is 9.47 Å². The number of hydrogen-bond acceptors (Lipinski definition) is 3. The summed E-state index contributed by atoms with van der Waals surface area (Å²) in [5, 5.41) is 0. The molecular formula is C31H21BO2S. The van der Waals surface area contributed by atoms with Gasteiger partial charge in [0.25, 0.3) is 6.71 Å². The highest BCUT2D eigenvalue weighted by Gasteiger charge is 2.42. The summed E-state index contributed by atoms with van der Waals surface area (Å²) >= 11 is 1.97. The first-order chi connectivity index (χ1) is 17.2. The van der Waals surface area contributed by atoms with Crippen molar-refractivity contribution in [2.45, 2.75) is 22.5 Å². The second-order valence-corrected chi connectivity index (χ2v) is 11.4. The molecule has 3 heterocycles. The lowest BCUT2D eigenvalue weighted by molar-refractivity contribution is 0.464. The Morgan fingerprint density at radius 3 is 2.37 bits per heavy atom. The van der Waals surface area contributed by atoms with Crippen LogP contribution in [-0.4, -0.2) is 11.5 Å². The van der Waals surface area contributed by atoms with Gasteiger partial charge in [0.2, 0.25) is 0 Å². The first-order valence-electron chi connectivity index (χ1n) is 12.1. The molecule has 0 bridgehead atoms. The number of thioether (sulfide) groups is 1. The number of fused-ring (bicyclic) bond motifs is 7. The van der Waals surface area contributed by atoms with Gasteiger partial charge in [-0.1, -0.05) is 66.8 Å². The molecule has 0 saturated carbocycles. The number of rotatable bonds is 1. The van der Waals surface area contributed by atoms with E-state index in [1.165, 1.54) is 32.5 Å². The van der Waals surface area contributed by atoms with Crippen molar-refractivity contribution in [3.63, 3.8) is 0 Å². The molecule has 2 nitrogen and oxygen atoms in total. The van der Waals surface area contributed by atoms with Gasteiger partial charge in [0, 0.05) is 21.0 Å². The Kier molecular flexibility index (Phi) is 3.91. The number of ether oxygens (including phenoxy) is 2. The SMILES string of the molecule is CC12C=CC=CC1c1cc(-c3ccc4c(c3)B3c5ccccc5Oc5cccc(c53)O4)ccc1S2. The Bertz CT molecular complexity index is 1610. The Labute approximate surface area is 209 Å². The predicted octanol–water partition coefficient (Wildman–Crippen LogP) is 6.16. The van der Waals surface area contributed by atoms with E-state index in [1.54, 1.807) is 0 Å². The maximum absolute atomic E-state index is 6.39. The molecule has 4 aromatic carbocycles. The van der Waals surface area contributed by atoms with E-state index in [1.807, 2.05) is 36.0 Å². The van der Waals surface area contributed by atoms with Crippen LogP contribution in [0.1, 0.15) is 18.4 Å². The molecule has 8 rings (SSSR count). The monoisotopic (exact) mass is 468 g/mol. The molecule has 4 heteroatoms. The van der Waals surface area contributed by atoms with Crippen LogP contribution in [0.5, 0.6) is 23.0 Å². The van der Waals surface area contributed by atoms with Crippen LogP contribution >= 0.6 is 11.8 Å². The van der Waals surface area contributed by atoms with Crippen LogP contribution in [0.15, 0.2) is 108 Å². The van der Waals surface area contributed by atoms with Crippen LogP contribution in [0, 0.1) is 0 Å². The zero-order valence-electron chi connectivity index (χ0n) is 19.2. The smallest absolute Gasteiger partial charge is 0.260 e. The summed E-state index contributed by atoms with van der Waals surface area (Å²) in [6.07, 6.45) is 9.05. The van der Waals surface area contributed by atoms with E-state index < -0.39 is 0 Å². The fourth-order valence-electron chi connectivity index (χ4n) is 6.09.